The number of halogens is 1. The van der Waals surface area contributed by atoms with Crippen molar-refractivity contribution in [1.29, 1.82) is 0 Å². The number of anilines is 1. The zero-order chi connectivity index (χ0) is 19.3. The first-order valence-corrected chi connectivity index (χ1v) is 9.58. The van der Waals surface area contributed by atoms with Gasteiger partial charge in [-0.3, -0.25) is 4.79 Å². The van der Waals surface area contributed by atoms with Crippen molar-refractivity contribution in [2.24, 2.45) is 0 Å². The van der Waals surface area contributed by atoms with Gasteiger partial charge in [0.25, 0.3) is 5.22 Å². The van der Waals surface area contributed by atoms with E-state index in [1.54, 1.807) is 0 Å². The highest BCUT2D eigenvalue weighted by molar-refractivity contribution is 7.99. The molecule has 4 rings (SSSR count). The molecule has 0 saturated carbocycles. The van der Waals surface area contributed by atoms with Gasteiger partial charge < -0.3 is 14.7 Å². The molecule has 0 fully saturated rings. The number of para-hydroxylation sites is 2. The van der Waals surface area contributed by atoms with Gasteiger partial charge in [-0.1, -0.05) is 23.9 Å². The van der Waals surface area contributed by atoms with Crippen molar-refractivity contribution in [2.75, 3.05) is 11.1 Å². The molecule has 0 saturated heterocycles. The second-order valence-corrected chi connectivity index (χ2v) is 6.93. The fraction of sp³-hybridized carbons (Fsp3) is 0.158. The minimum atomic E-state index is -0.353. The number of nitrogens with one attached hydrogen (secondary N) is 2. The van der Waals surface area contributed by atoms with Gasteiger partial charge in [0.15, 0.2) is 0 Å². The number of thioether (sulfide) groups is 1. The van der Waals surface area contributed by atoms with Crippen LogP contribution in [0.3, 0.4) is 0 Å². The minimum absolute atomic E-state index is 0.114. The molecule has 28 heavy (non-hydrogen) atoms. The SMILES string of the molecule is O=C(CSc1nnc(CCc2nc3ccccc3[nH]2)o1)Nc1ccc(F)cc1. The summed E-state index contributed by atoms with van der Waals surface area (Å²) < 4.78 is 18.4. The van der Waals surface area contributed by atoms with Gasteiger partial charge in [0, 0.05) is 18.5 Å². The molecular formula is C19H16FN5O2S. The topological polar surface area (TPSA) is 96.7 Å². The van der Waals surface area contributed by atoms with E-state index in [4.69, 9.17) is 4.42 Å². The number of hydrogen-bond donors (Lipinski definition) is 2. The molecule has 0 aliphatic rings. The number of hydrogen-bond acceptors (Lipinski definition) is 6. The Balaban J connectivity index is 1.26. The monoisotopic (exact) mass is 397 g/mol. The van der Waals surface area contributed by atoms with Crippen LogP contribution in [0.15, 0.2) is 58.2 Å². The summed E-state index contributed by atoms with van der Waals surface area (Å²) in [4.78, 5) is 19.7. The van der Waals surface area contributed by atoms with E-state index in [0.717, 1.165) is 28.6 Å². The lowest BCUT2D eigenvalue weighted by Gasteiger charge is -2.03. The predicted molar refractivity (Wildman–Crippen MR) is 104 cm³/mol. The number of fused-ring (bicyclic) bond motifs is 1. The fourth-order valence-corrected chi connectivity index (χ4v) is 3.18. The first kappa shape index (κ1) is 18.2. The van der Waals surface area contributed by atoms with Gasteiger partial charge >= 0.3 is 0 Å². The Labute approximate surface area is 163 Å². The number of rotatable bonds is 7. The van der Waals surface area contributed by atoms with Crippen LogP contribution in [0.5, 0.6) is 0 Å². The number of amides is 1. The third kappa shape index (κ3) is 4.55. The zero-order valence-electron chi connectivity index (χ0n) is 14.7. The van der Waals surface area contributed by atoms with Gasteiger partial charge in [-0.25, -0.2) is 9.37 Å². The van der Waals surface area contributed by atoms with Crippen LogP contribution in [-0.4, -0.2) is 31.8 Å². The lowest BCUT2D eigenvalue weighted by molar-refractivity contribution is -0.113. The molecule has 0 unspecified atom stereocenters. The summed E-state index contributed by atoms with van der Waals surface area (Å²) in [5, 5.41) is 11.0. The summed E-state index contributed by atoms with van der Waals surface area (Å²) in [5.41, 5.74) is 2.45. The zero-order valence-corrected chi connectivity index (χ0v) is 15.5. The largest absolute Gasteiger partial charge is 0.416 e. The van der Waals surface area contributed by atoms with Crippen LogP contribution in [0.1, 0.15) is 11.7 Å². The molecule has 4 aromatic rings. The average Bonchev–Trinajstić information content (AvgIpc) is 3.33. The van der Waals surface area contributed by atoms with Crippen LogP contribution in [0.25, 0.3) is 11.0 Å². The summed E-state index contributed by atoms with van der Waals surface area (Å²) in [6, 6.07) is 13.4. The van der Waals surface area contributed by atoms with Crippen molar-refractivity contribution in [2.45, 2.75) is 18.1 Å². The van der Waals surface area contributed by atoms with E-state index in [2.05, 4.69) is 25.5 Å². The smallest absolute Gasteiger partial charge is 0.277 e. The third-order valence-electron chi connectivity index (χ3n) is 3.92. The first-order valence-electron chi connectivity index (χ1n) is 8.60. The van der Waals surface area contributed by atoms with E-state index in [-0.39, 0.29) is 17.5 Å². The number of benzene rings is 2. The highest BCUT2D eigenvalue weighted by Crippen LogP contribution is 2.18. The van der Waals surface area contributed by atoms with Gasteiger partial charge in [-0.2, -0.15) is 0 Å². The number of carbonyl (C=O) groups is 1. The Hall–Kier alpha value is -3.20. The van der Waals surface area contributed by atoms with E-state index < -0.39 is 0 Å². The molecule has 0 aliphatic carbocycles. The van der Waals surface area contributed by atoms with Crippen LogP contribution < -0.4 is 5.32 Å². The summed E-state index contributed by atoms with van der Waals surface area (Å²) in [6.07, 6.45) is 1.20. The Morgan fingerprint density at radius 1 is 1.11 bits per heavy atom. The lowest BCUT2D eigenvalue weighted by atomic mass is 10.3. The molecule has 142 valence electrons. The lowest BCUT2D eigenvalue weighted by Crippen LogP contribution is -2.13. The number of aryl methyl sites for hydroxylation is 2. The van der Waals surface area contributed by atoms with E-state index in [9.17, 15) is 9.18 Å². The molecule has 1 amide bonds. The number of aromatic nitrogens is 4. The Kier molecular flexibility index (Phi) is 5.34. The molecule has 0 radical (unpaired) electrons. The number of nitrogens with zero attached hydrogens (tertiary/aromatic N) is 3. The Morgan fingerprint density at radius 2 is 1.93 bits per heavy atom. The standard InChI is InChI=1S/C19H16FN5O2S/c20-12-5-7-13(8-6-12)21-17(26)11-28-19-25-24-18(27-19)10-9-16-22-14-3-1-2-4-15(14)23-16/h1-8H,9-11H2,(H,21,26)(H,22,23). The molecule has 9 heteroatoms. The molecular weight excluding hydrogens is 381 g/mol. The van der Waals surface area contributed by atoms with E-state index in [0.29, 0.717) is 29.6 Å². The van der Waals surface area contributed by atoms with E-state index in [1.165, 1.54) is 24.3 Å². The fourth-order valence-electron chi connectivity index (χ4n) is 2.60. The number of aromatic amines is 1. The Morgan fingerprint density at radius 3 is 2.75 bits per heavy atom. The normalized spacial score (nSPS) is 11.0. The van der Waals surface area contributed by atoms with Crippen LogP contribution in [0.2, 0.25) is 0 Å². The quantitative estimate of drug-likeness (QED) is 0.463. The highest BCUT2D eigenvalue weighted by Gasteiger charge is 2.11. The second-order valence-electron chi connectivity index (χ2n) is 6.01. The maximum absolute atomic E-state index is 12.9. The molecule has 2 aromatic heterocycles. The maximum Gasteiger partial charge on any atom is 0.277 e. The van der Waals surface area contributed by atoms with Gasteiger partial charge in [-0.15, -0.1) is 10.2 Å². The van der Waals surface area contributed by atoms with Crippen LogP contribution in [0, 0.1) is 5.82 Å². The number of H-pyrrole nitrogens is 1. The van der Waals surface area contributed by atoms with E-state index >= 15 is 0 Å². The number of imidazole rings is 1. The molecule has 0 bridgehead atoms. The van der Waals surface area contributed by atoms with Crippen molar-refractivity contribution in [3.8, 4) is 0 Å². The molecule has 7 nitrogen and oxygen atoms in total. The summed E-state index contributed by atoms with van der Waals surface area (Å²) in [6.45, 7) is 0. The molecule has 2 aromatic carbocycles. The Bertz CT molecular complexity index is 1060. The minimum Gasteiger partial charge on any atom is -0.416 e. The molecule has 2 N–H and O–H groups in total. The van der Waals surface area contributed by atoms with Crippen LogP contribution in [-0.2, 0) is 17.6 Å². The highest BCUT2D eigenvalue weighted by atomic mass is 32.2. The maximum atomic E-state index is 12.9. The van der Waals surface area contributed by atoms with Gasteiger partial charge in [0.2, 0.25) is 11.8 Å². The summed E-state index contributed by atoms with van der Waals surface area (Å²) in [5.74, 6) is 0.865. The predicted octanol–water partition coefficient (Wildman–Crippen LogP) is 3.60. The first-order chi connectivity index (χ1) is 13.7. The van der Waals surface area contributed by atoms with Gasteiger partial charge in [0.1, 0.15) is 11.6 Å². The molecule has 0 atom stereocenters. The second kappa shape index (κ2) is 8.22. The molecule has 0 spiro atoms. The van der Waals surface area contributed by atoms with Crippen LogP contribution in [0.4, 0.5) is 10.1 Å². The van der Waals surface area contributed by atoms with Crippen molar-refractivity contribution < 1.29 is 13.6 Å². The van der Waals surface area contributed by atoms with Crippen LogP contribution >= 0.6 is 11.8 Å². The molecule has 0 aliphatic heterocycles. The average molecular weight is 397 g/mol. The number of carbonyl (C=O) groups excluding carboxylic acids is 1. The van der Waals surface area contributed by atoms with Crippen molar-refractivity contribution in [3.05, 3.63) is 66.1 Å². The van der Waals surface area contributed by atoms with Crippen molar-refractivity contribution in [1.82, 2.24) is 20.2 Å². The van der Waals surface area contributed by atoms with Gasteiger partial charge in [0.05, 0.1) is 16.8 Å². The van der Waals surface area contributed by atoms with Crippen molar-refractivity contribution >= 4 is 34.4 Å². The van der Waals surface area contributed by atoms with Gasteiger partial charge in [-0.05, 0) is 36.4 Å². The summed E-state index contributed by atoms with van der Waals surface area (Å²) in [7, 11) is 0. The van der Waals surface area contributed by atoms with Crippen molar-refractivity contribution in [3.63, 3.8) is 0 Å². The van der Waals surface area contributed by atoms with E-state index in [1.807, 2.05) is 24.3 Å². The molecule has 2 heterocycles. The third-order valence-corrected chi connectivity index (χ3v) is 4.74. The summed E-state index contributed by atoms with van der Waals surface area (Å²) >= 11 is 1.15.